The van der Waals surface area contributed by atoms with Gasteiger partial charge in [0.25, 0.3) is 10.2 Å². The maximum Gasteiger partial charge on any atom is 0.347 e. The minimum Gasteiger partial charge on any atom is -0.426 e. The lowest BCUT2D eigenvalue weighted by molar-refractivity contribution is -0.789. The van der Waals surface area contributed by atoms with E-state index in [1.165, 1.54) is 32.8 Å². The van der Waals surface area contributed by atoms with Crippen molar-refractivity contribution < 1.29 is 38.9 Å². The summed E-state index contributed by atoms with van der Waals surface area (Å²) in [5.74, 6) is -1.83. The second-order valence-electron chi connectivity index (χ2n) is 7.63. The highest BCUT2D eigenvalue weighted by Gasteiger charge is 2.24. The number of ether oxygens (including phenoxy) is 2. The van der Waals surface area contributed by atoms with Crippen LogP contribution in [0.2, 0.25) is 0 Å². The Morgan fingerprint density at radius 3 is 2.29 bits per heavy atom. The number of carbonyl (C=O) groups excluding carboxylic acids is 2. The van der Waals surface area contributed by atoms with Crippen LogP contribution in [0.3, 0.4) is 0 Å². The molecule has 1 heterocycles. The lowest BCUT2D eigenvalue weighted by Gasteiger charge is -2.17. The van der Waals surface area contributed by atoms with E-state index in [4.69, 9.17) is 21.7 Å². The van der Waals surface area contributed by atoms with Gasteiger partial charge in [-0.3, -0.25) is 4.79 Å². The minimum absolute atomic E-state index is 0.0993. The Kier molecular flexibility index (Phi) is 9.64. The zero-order valence-corrected chi connectivity index (χ0v) is 22.2. The fourth-order valence-corrected chi connectivity index (χ4v) is 5.41. The average molecular weight is 582 g/mol. The molecule has 0 saturated heterocycles. The monoisotopic (exact) mass is 581 g/mol. The molecule has 1 unspecified atom stereocenters. The molecular formula is C22H19N3O10S3. The molecule has 0 amide bonds. The highest BCUT2D eigenvalue weighted by molar-refractivity contribution is 7.80. The van der Waals surface area contributed by atoms with Crippen LogP contribution in [0, 0.1) is 24.1 Å². The first-order valence-electron chi connectivity index (χ1n) is 10.5. The topological polar surface area (TPSA) is 161 Å². The van der Waals surface area contributed by atoms with Crippen molar-refractivity contribution >= 4 is 50.5 Å². The van der Waals surface area contributed by atoms with E-state index in [1.807, 2.05) is 6.07 Å². The molecule has 0 saturated carbocycles. The Morgan fingerprint density at radius 2 is 1.71 bits per heavy atom. The first-order valence-corrected chi connectivity index (χ1v) is 13.1. The summed E-state index contributed by atoms with van der Waals surface area (Å²) < 4.78 is 11.5. The van der Waals surface area contributed by atoms with E-state index in [0.29, 0.717) is 5.69 Å². The fourth-order valence-electron chi connectivity index (χ4n) is 3.01. The van der Waals surface area contributed by atoms with E-state index in [9.17, 15) is 29.8 Å². The highest BCUT2D eigenvalue weighted by Crippen LogP contribution is 2.31. The Balaban J connectivity index is 1.78. The van der Waals surface area contributed by atoms with Gasteiger partial charge in [0.05, 0.1) is 6.42 Å². The third kappa shape index (κ3) is 8.19. The molecule has 0 bridgehead atoms. The van der Waals surface area contributed by atoms with Gasteiger partial charge in [0.2, 0.25) is 0 Å². The van der Waals surface area contributed by atoms with Crippen LogP contribution in [0.15, 0.2) is 48.5 Å². The van der Waals surface area contributed by atoms with Gasteiger partial charge in [0, 0.05) is 24.7 Å². The fraction of sp³-hybridized carbons (Fsp3) is 0.227. The predicted octanol–water partition coefficient (Wildman–Crippen LogP) is 4.57. The van der Waals surface area contributed by atoms with Gasteiger partial charge in [-0.15, -0.1) is 20.2 Å². The summed E-state index contributed by atoms with van der Waals surface area (Å²) in [6, 6.07) is 13.0. The van der Waals surface area contributed by atoms with Crippen molar-refractivity contribution in [3.63, 3.8) is 0 Å². The van der Waals surface area contributed by atoms with Crippen LogP contribution >= 0.6 is 32.9 Å². The molecular weight excluding hydrogens is 562 g/mol. The van der Waals surface area contributed by atoms with Gasteiger partial charge in [-0.1, -0.05) is 32.9 Å². The largest absolute Gasteiger partial charge is 0.426 e. The second-order valence-corrected chi connectivity index (χ2v) is 10.5. The molecule has 1 aromatic heterocycles. The summed E-state index contributed by atoms with van der Waals surface area (Å²) in [7, 11) is 6.49. The van der Waals surface area contributed by atoms with E-state index < -0.39 is 41.2 Å². The van der Waals surface area contributed by atoms with Gasteiger partial charge < -0.3 is 24.0 Å². The van der Waals surface area contributed by atoms with Crippen LogP contribution in [0.4, 0.5) is 5.69 Å². The van der Waals surface area contributed by atoms with Crippen LogP contribution in [0.5, 0.6) is 11.5 Å². The number of esters is 2. The van der Waals surface area contributed by atoms with Crippen molar-refractivity contribution in [1.82, 2.24) is 0 Å². The third-order valence-corrected chi connectivity index (χ3v) is 7.64. The summed E-state index contributed by atoms with van der Waals surface area (Å²) in [5.41, 5.74) is 1.40. The molecule has 200 valence electrons. The molecule has 38 heavy (non-hydrogen) atoms. The Morgan fingerprint density at radius 1 is 1.00 bits per heavy atom. The van der Waals surface area contributed by atoms with Crippen LogP contribution in [-0.2, 0) is 14.5 Å². The first kappa shape index (κ1) is 28.4. The van der Waals surface area contributed by atoms with Crippen LogP contribution in [-0.4, -0.2) is 48.9 Å². The van der Waals surface area contributed by atoms with E-state index >= 15 is 0 Å². The van der Waals surface area contributed by atoms with Crippen molar-refractivity contribution in [2.45, 2.75) is 12.5 Å². The predicted molar refractivity (Wildman–Crippen MR) is 139 cm³/mol. The van der Waals surface area contributed by atoms with Crippen molar-refractivity contribution in [2.24, 2.45) is 0 Å². The van der Waals surface area contributed by atoms with E-state index in [-0.39, 0.29) is 17.1 Å². The summed E-state index contributed by atoms with van der Waals surface area (Å²) in [5, 5.41) is 18.7. The number of hydrogen-bond donors (Lipinski definition) is 0. The number of carbonyl (C=O) groups is 2. The molecule has 0 N–H and O–H groups in total. The second kappa shape index (κ2) is 12.9. The van der Waals surface area contributed by atoms with Crippen LogP contribution < -0.4 is 14.4 Å². The molecule has 0 fully saturated rings. The Hall–Kier alpha value is -4.15. The Labute approximate surface area is 227 Å². The zero-order valence-electron chi connectivity index (χ0n) is 19.8. The van der Waals surface area contributed by atoms with Crippen molar-refractivity contribution in [1.29, 1.82) is 0 Å². The molecule has 3 rings (SSSR count). The Bertz CT molecular complexity index is 1390. The lowest BCUT2D eigenvalue weighted by Crippen LogP contribution is -2.29. The molecule has 13 nitrogen and oxygen atoms in total. The van der Waals surface area contributed by atoms with Crippen LogP contribution in [0.25, 0.3) is 10.4 Å². The number of anilines is 1. The van der Waals surface area contributed by atoms with Crippen molar-refractivity contribution in [3.8, 4) is 21.9 Å². The lowest BCUT2D eigenvalue weighted by atomic mass is 10.1. The maximum absolute atomic E-state index is 13.0. The SMILES string of the molecule is CN(C)c1ccc(OC(=O)CC(CO[N+](=O)[O-])O[N+](=O)[O-])c(C(=O)Oc2ccc(-c3cc(=S)ss3)cc2)c1. The van der Waals surface area contributed by atoms with Crippen LogP contribution in [0.1, 0.15) is 16.8 Å². The molecule has 0 spiro atoms. The highest BCUT2D eigenvalue weighted by atomic mass is 32.9. The van der Waals surface area contributed by atoms with Gasteiger partial charge >= 0.3 is 11.9 Å². The average Bonchev–Trinajstić information content (AvgIpc) is 3.28. The number of nitrogens with zero attached hydrogens (tertiary/aromatic N) is 3. The molecule has 0 aliphatic carbocycles. The smallest absolute Gasteiger partial charge is 0.347 e. The number of rotatable bonds is 12. The minimum atomic E-state index is -1.61. The quantitative estimate of drug-likeness (QED) is 0.0733. The molecule has 3 aromatic rings. The van der Waals surface area contributed by atoms with E-state index in [0.717, 1.165) is 14.3 Å². The van der Waals surface area contributed by atoms with E-state index in [2.05, 4.69) is 9.68 Å². The number of benzene rings is 2. The van der Waals surface area contributed by atoms with Gasteiger partial charge in [-0.05, 0) is 54.1 Å². The molecule has 0 aliphatic heterocycles. The van der Waals surface area contributed by atoms with E-state index in [1.54, 1.807) is 49.3 Å². The summed E-state index contributed by atoms with van der Waals surface area (Å²) >= 11 is 5.16. The molecule has 0 radical (unpaired) electrons. The normalized spacial score (nSPS) is 11.2. The van der Waals surface area contributed by atoms with Gasteiger partial charge in [0.1, 0.15) is 33.6 Å². The summed E-state index contributed by atoms with van der Waals surface area (Å²) in [6.45, 7) is -0.882. The third-order valence-electron chi connectivity index (χ3n) is 4.73. The van der Waals surface area contributed by atoms with Crippen molar-refractivity contribution in [3.05, 3.63) is 78.1 Å². The first-order chi connectivity index (χ1) is 18.0. The zero-order chi connectivity index (χ0) is 27.8. The van der Waals surface area contributed by atoms with Gasteiger partial charge in [0.15, 0.2) is 0 Å². The van der Waals surface area contributed by atoms with Gasteiger partial charge in [-0.2, -0.15) is 0 Å². The maximum atomic E-state index is 13.0. The van der Waals surface area contributed by atoms with Crippen molar-refractivity contribution in [2.75, 3.05) is 25.6 Å². The molecule has 2 aromatic carbocycles. The summed E-state index contributed by atoms with van der Waals surface area (Å²) in [4.78, 5) is 57.6. The molecule has 1 atom stereocenters. The molecule has 0 aliphatic rings. The standard InChI is InChI=1S/C22H19N3O10S3/c1-23(2)14-5-8-18(34-20(26)10-16(35-25(30)31)12-32-24(28)29)17(9-14)22(27)33-15-6-3-13(4-7-15)19-11-21(36)38-37-19/h3-9,11,16H,10,12H2,1-2H3. The molecule has 16 heteroatoms. The number of hydrogen-bond acceptors (Lipinski definition) is 14. The summed E-state index contributed by atoms with van der Waals surface area (Å²) in [6.07, 6.45) is -2.38. The van der Waals surface area contributed by atoms with Gasteiger partial charge in [-0.25, -0.2) is 4.79 Å².